The summed E-state index contributed by atoms with van der Waals surface area (Å²) >= 11 is 3.95. The number of nitrogens with zero attached hydrogens (tertiary/aromatic N) is 2. The molecular weight excluding hydrogens is 372 g/mol. The van der Waals surface area contributed by atoms with Crippen molar-refractivity contribution >= 4 is 40.9 Å². The predicted molar refractivity (Wildman–Crippen MR) is 96.3 cm³/mol. The fourth-order valence-corrected chi connectivity index (χ4v) is 5.32. The second-order valence-electron chi connectivity index (χ2n) is 5.05. The molecule has 0 aromatic heterocycles. The summed E-state index contributed by atoms with van der Waals surface area (Å²) in [6, 6.07) is 2.22. The molecule has 138 valence electrons. The third-order valence-electron chi connectivity index (χ3n) is 3.11. The van der Waals surface area contributed by atoms with Crippen LogP contribution >= 0.6 is 23.5 Å². The zero-order valence-corrected chi connectivity index (χ0v) is 15.0. The topological polar surface area (TPSA) is 144 Å². The number of aromatic carboxylic acids is 1. The van der Waals surface area contributed by atoms with E-state index in [9.17, 15) is 25.0 Å². The average molecular weight is 390 g/mol. The van der Waals surface area contributed by atoms with Crippen LogP contribution in [0.2, 0.25) is 0 Å². The fourth-order valence-electron chi connectivity index (χ4n) is 1.92. The third-order valence-corrected chi connectivity index (χ3v) is 6.51. The van der Waals surface area contributed by atoms with Crippen molar-refractivity contribution in [2.75, 3.05) is 12.4 Å². The zero-order chi connectivity index (χ0) is 19.0. The maximum atomic E-state index is 10.5. The number of hydrogen-bond donors (Lipinski definition) is 2. The summed E-state index contributed by atoms with van der Waals surface area (Å²) in [6.07, 6.45) is 2.56. The summed E-state index contributed by atoms with van der Waals surface area (Å²) < 4.78 is 0.766. The summed E-state index contributed by atoms with van der Waals surface area (Å²) in [5, 5.41) is 38.6. The monoisotopic (exact) mass is 390 g/mol. The zero-order valence-electron chi connectivity index (χ0n) is 13.4. The molecule has 9 nitrogen and oxygen atoms in total. The van der Waals surface area contributed by atoms with E-state index in [1.807, 2.05) is 23.5 Å². The van der Waals surface area contributed by atoms with Gasteiger partial charge in [0.05, 0.1) is 32.7 Å². The van der Waals surface area contributed by atoms with E-state index in [-0.39, 0.29) is 0 Å². The largest absolute Gasteiger partial charge is 0.478 e. The Balaban J connectivity index is 0.000000271. The molecule has 0 spiro atoms. The van der Waals surface area contributed by atoms with Crippen LogP contribution in [0.25, 0.3) is 0 Å². The molecule has 1 aliphatic heterocycles. The van der Waals surface area contributed by atoms with Gasteiger partial charge in [0.15, 0.2) is 0 Å². The van der Waals surface area contributed by atoms with Gasteiger partial charge >= 0.3 is 5.97 Å². The maximum absolute atomic E-state index is 10.5. The molecule has 0 saturated carbocycles. The van der Waals surface area contributed by atoms with Crippen LogP contribution in [0.5, 0.6) is 0 Å². The Morgan fingerprint density at radius 1 is 1.24 bits per heavy atom. The lowest BCUT2D eigenvalue weighted by Crippen LogP contribution is -2.06. The van der Waals surface area contributed by atoms with E-state index in [4.69, 9.17) is 10.2 Å². The quantitative estimate of drug-likeness (QED) is 0.552. The summed E-state index contributed by atoms with van der Waals surface area (Å²) in [6.45, 7) is 2.57. The number of thioether (sulfide) groups is 2. The Morgan fingerprint density at radius 2 is 1.80 bits per heavy atom. The standard InChI is InChI=1S/C7H4N2O6.C7H14OS2/c10-7(11)4-1-5(8(12)13)3-6(2-4)9(14)15;1-2-3-7-9-5-6(4-8)10-7/h1-3H,(H,10,11);6-8H,2-5H2,1H3/t;6-,7-/m.1/s1. The van der Waals surface area contributed by atoms with Gasteiger partial charge in [0.2, 0.25) is 0 Å². The first-order valence-corrected chi connectivity index (χ1v) is 9.32. The highest BCUT2D eigenvalue weighted by Gasteiger charge is 2.24. The van der Waals surface area contributed by atoms with Crippen LogP contribution in [0.1, 0.15) is 30.1 Å². The molecule has 25 heavy (non-hydrogen) atoms. The lowest BCUT2D eigenvalue weighted by molar-refractivity contribution is -0.394. The molecule has 0 radical (unpaired) electrons. The lowest BCUT2D eigenvalue weighted by Gasteiger charge is -2.05. The van der Waals surface area contributed by atoms with Gasteiger partial charge in [0, 0.05) is 23.1 Å². The van der Waals surface area contributed by atoms with Crippen molar-refractivity contribution in [3.8, 4) is 0 Å². The molecule has 0 bridgehead atoms. The minimum Gasteiger partial charge on any atom is -0.478 e. The van der Waals surface area contributed by atoms with Gasteiger partial charge in [-0.2, -0.15) is 0 Å². The third kappa shape index (κ3) is 6.88. The average Bonchev–Trinajstić information content (AvgIpc) is 3.03. The molecule has 11 heteroatoms. The number of nitro groups is 2. The summed E-state index contributed by atoms with van der Waals surface area (Å²) in [4.78, 5) is 29.4. The minimum absolute atomic E-state index is 0.359. The van der Waals surface area contributed by atoms with Crippen LogP contribution in [-0.2, 0) is 0 Å². The van der Waals surface area contributed by atoms with Crippen LogP contribution in [0, 0.1) is 20.2 Å². The Hall–Kier alpha value is -1.85. The number of benzene rings is 1. The molecule has 0 unspecified atom stereocenters. The van der Waals surface area contributed by atoms with Gasteiger partial charge in [-0.25, -0.2) is 4.79 Å². The van der Waals surface area contributed by atoms with Gasteiger partial charge < -0.3 is 10.2 Å². The second kappa shape index (κ2) is 10.2. The number of hydrogen-bond acceptors (Lipinski definition) is 8. The van der Waals surface area contributed by atoms with E-state index in [0.717, 1.165) is 22.5 Å². The van der Waals surface area contributed by atoms with Crippen molar-refractivity contribution in [1.82, 2.24) is 0 Å². The Bertz CT molecular complexity index is 563. The normalized spacial score (nSPS) is 19.0. The molecule has 1 fully saturated rings. The number of carboxylic acid groups (broad SMARTS) is 1. The van der Waals surface area contributed by atoms with Gasteiger partial charge in [0.25, 0.3) is 11.4 Å². The van der Waals surface area contributed by atoms with Crippen molar-refractivity contribution in [1.29, 1.82) is 0 Å². The first-order chi connectivity index (χ1) is 11.8. The van der Waals surface area contributed by atoms with Crippen molar-refractivity contribution in [3.05, 3.63) is 44.0 Å². The summed E-state index contributed by atoms with van der Waals surface area (Å²) in [5.41, 5.74) is -1.74. The Morgan fingerprint density at radius 3 is 2.16 bits per heavy atom. The number of non-ortho nitro benzene ring substituents is 2. The Kier molecular flexibility index (Phi) is 8.66. The van der Waals surface area contributed by atoms with Gasteiger partial charge in [-0.05, 0) is 6.42 Å². The van der Waals surface area contributed by atoms with Crippen molar-refractivity contribution in [2.24, 2.45) is 0 Å². The van der Waals surface area contributed by atoms with Crippen LogP contribution in [0.15, 0.2) is 18.2 Å². The van der Waals surface area contributed by atoms with Crippen molar-refractivity contribution in [2.45, 2.75) is 29.6 Å². The summed E-state index contributed by atoms with van der Waals surface area (Å²) in [5.74, 6) is -0.312. The molecule has 2 N–H and O–H groups in total. The number of rotatable bonds is 6. The molecule has 2 rings (SSSR count). The van der Waals surface area contributed by atoms with Crippen LogP contribution in [0.3, 0.4) is 0 Å². The van der Waals surface area contributed by atoms with Crippen molar-refractivity contribution in [3.63, 3.8) is 0 Å². The highest BCUT2D eigenvalue weighted by atomic mass is 32.2. The van der Waals surface area contributed by atoms with Gasteiger partial charge in [-0.3, -0.25) is 20.2 Å². The number of aliphatic hydroxyl groups is 1. The smallest absolute Gasteiger partial charge is 0.336 e. The van der Waals surface area contributed by atoms with E-state index in [2.05, 4.69) is 6.92 Å². The maximum Gasteiger partial charge on any atom is 0.336 e. The van der Waals surface area contributed by atoms with Crippen LogP contribution in [-0.4, -0.2) is 48.2 Å². The number of aliphatic hydroxyl groups excluding tert-OH is 1. The van der Waals surface area contributed by atoms with Crippen LogP contribution in [0.4, 0.5) is 11.4 Å². The predicted octanol–water partition coefficient (Wildman–Crippen LogP) is 3.15. The SMILES string of the molecule is CCC[C@@H]1SC[C@@H](CO)S1.O=C(O)c1cc([N+](=O)[O-])cc([N+](=O)[O-])c1. The van der Waals surface area contributed by atoms with Gasteiger partial charge in [0.1, 0.15) is 0 Å². The number of carbonyl (C=O) groups is 1. The summed E-state index contributed by atoms with van der Waals surface area (Å²) in [7, 11) is 0. The lowest BCUT2D eigenvalue weighted by atomic mass is 10.2. The molecule has 0 amide bonds. The van der Waals surface area contributed by atoms with E-state index < -0.39 is 32.8 Å². The highest BCUT2D eigenvalue weighted by Crippen LogP contribution is 2.39. The highest BCUT2D eigenvalue weighted by molar-refractivity contribution is 8.20. The first kappa shape index (κ1) is 21.2. The second-order valence-corrected chi connectivity index (χ2v) is 8.09. The number of nitro benzene ring substituents is 2. The molecule has 1 heterocycles. The minimum atomic E-state index is -1.46. The number of carboxylic acids is 1. The van der Waals surface area contributed by atoms with E-state index in [1.54, 1.807) is 0 Å². The molecule has 1 aliphatic rings. The molecule has 1 aromatic carbocycles. The fraction of sp³-hybridized carbons (Fsp3) is 0.500. The van der Waals surface area contributed by atoms with E-state index >= 15 is 0 Å². The molecule has 1 aromatic rings. The van der Waals surface area contributed by atoms with E-state index in [1.165, 1.54) is 12.8 Å². The molecule has 1 saturated heterocycles. The van der Waals surface area contributed by atoms with E-state index in [0.29, 0.717) is 17.9 Å². The van der Waals surface area contributed by atoms with Gasteiger partial charge in [-0.1, -0.05) is 13.3 Å². The Labute approximate surface area is 152 Å². The molecule has 0 aliphatic carbocycles. The first-order valence-electron chi connectivity index (χ1n) is 7.33. The molecular formula is C14H18N2O7S2. The van der Waals surface area contributed by atoms with Crippen molar-refractivity contribution < 1.29 is 24.9 Å². The van der Waals surface area contributed by atoms with Gasteiger partial charge in [-0.15, -0.1) is 23.5 Å². The van der Waals surface area contributed by atoms with Crippen LogP contribution < -0.4 is 0 Å². The molecule has 2 atom stereocenters.